The van der Waals surface area contributed by atoms with E-state index in [1.165, 1.54) is 22.5 Å². The first-order valence-corrected chi connectivity index (χ1v) is 6.94. The second-order valence-electron chi connectivity index (χ2n) is 4.13. The minimum atomic E-state index is -3.58. The van der Waals surface area contributed by atoms with Crippen LogP contribution >= 0.6 is 12.4 Å². The predicted octanol–water partition coefficient (Wildman–Crippen LogP) is 1.23. The molecule has 1 aromatic rings. The fourth-order valence-corrected chi connectivity index (χ4v) is 3.61. The average molecular weight is 295 g/mol. The molecule has 0 aromatic heterocycles. The number of hydrogen-bond donors (Lipinski definition) is 1. The molecule has 1 N–H and O–H groups in total. The third-order valence-corrected chi connectivity index (χ3v) is 4.85. The van der Waals surface area contributed by atoms with E-state index in [9.17, 15) is 12.8 Å². The molecule has 0 bridgehead atoms. The fraction of sp³-hybridized carbons (Fsp3) is 0.455. The Kier molecular flexibility index (Phi) is 5.10. The van der Waals surface area contributed by atoms with Crippen molar-refractivity contribution >= 4 is 22.4 Å². The van der Waals surface area contributed by atoms with Crippen LogP contribution < -0.4 is 5.32 Å². The number of piperazine rings is 1. The molecule has 2 rings (SSSR count). The Morgan fingerprint density at radius 1 is 1.44 bits per heavy atom. The van der Waals surface area contributed by atoms with Gasteiger partial charge in [-0.3, -0.25) is 0 Å². The molecule has 4 nitrogen and oxygen atoms in total. The second kappa shape index (κ2) is 5.97. The van der Waals surface area contributed by atoms with E-state index in [1.54, 1.807) is 0 Å². The molecule has 1 aliphatic heterocycles. The van der Waals surface area contributed by atoms with Gasteiger partial charge in [0.2, 0.25) is 10.0 Å². The van der Waals surface area contributed by atoms with Gasteiger partial charge in [0.15, 0.2) is 0 Å². The molecule has 102 valence electrons. The molecule has 7 heteroatoms. The van der Waals surface area contributed by atoms with Crippen LogP contribution in [0, 0.1) is 5.82 Å². The Balaban J connectivity index is 0.00000162. The van der Waals surface area contributed by atoms with Crippen molar-refractivity contribution in [2.24, 2.45) is 0 Å². The molecule has 18 heavy (non-hydrogen) atoms. The van der Waals surface area contributed by atoms with Crippen LogP contribution in [-0.4, -0.2) is 38.4 Å². The predicted molar refractivity (Wildman–Crippen MR) is 69.9 cm³/mol. The van der Waals surface area contributed by atoms with Gasteiger partial charge in [-0.25, -0.2) is 12.8 Å². The molecule has 1 atom stereocenters. The highest BCUT2D eigenvalue weighted by atomic mass is 35.5. The lowest BCUT2D eigenvalue weighted by molar-refractivity contribution is 0.284. The van der Waals surface area contributed by atoms with Gasteiger partial charge in [-0.05, 0) is 25.1 Å². The van der Waals surface area contributed by atoms with E-state index in [0.717, 1.165) is 6.07 Å². The van der Waals surface area contributed by atoms with Gasteiger partial charge < -0.3 is 5.32 Å². The lowest BCUT2D eigenvalue weighted by Gasteiger charge is -2.32. The third-order valence-electron chi connectivity index (χ3n) is 2.84. The van der Waals surface area contributed by atoms with Crippen LogP contribution in [0.25, 0.3) is 0 Å². The number of rotatable bonds is 2. The highest BCUT2D eigenvalue weighted by Crippen LogP contribution is 2.19. The quantitative estimate of drug-likeness (QED) is 0.892. The zero-order valence-electron chi connectivity index (χ0n) is 9.97. The molecule has 0 aliphatic carbocycles. The summed E-state index contributed by atoms with van der Waals surface area (Å²) in [5.74, 6) is -0.533. The van der Waals surface area contributed by atoms with Crippen LogP contribution in [0.5, 0.6) is 0 Å². The van der Waals surface area contributed by atoms with E-state index in [-0.39, 0.29) is 23.3 Å². The summed E-state index contributed by atoms with van der Waals surface area (Å²) >= 11 is 0. The molecule has 0 unspecified atom stereocenters. The Morgan fingerprint density at radius 3 is 2.78 bits per heavy atom. The van der Waals surface area contributed by atoms with Crippen molar-refractivity contribution in [1.82, 2.24) is 9.62 Å². The highest BCUT2D eigenvalue weighted by molar-refractivity contribution is 7.89. The summed E-state index contributed by atoms with van der Waals surface area (Å²) in [5.41, 5.74) is 0. The summed E-state index contributed by atoms with van der Waals surface area (Å²) in [7, 11) is -3.58. The zero-order valence-corrected chi connectivity index (χ0v) is 11.6. The van der Waals surface area contributed by atoms with Gasteiger partial charge >= 0.3 is 0 Å². The standard InChI is InChI=1S/C11H15FN2O2S.ClH/c1-9-8-13-5-6-14(9)17(15,16)11-4-2-3-10(12)7-11;/h2-4,7,9,13H,5-6,8H2,1H3;1H/t9-;/m0./s1. The number of halogens is 2. The van der Waals surface area contributed by atoms with Crippen LogP contribution in [-0.2, 0) is 10.0 Å². The lowest BCUT2D eigenvalue weighted by atomic mass is 10.3. The fourth-order valence-electron chi connectivity index (χ4n) is 1.94. The monoisotopic (exact) mass is 294 g/mol. The Labute approximate surface area is 113 Å². The van der Waals surface area contributed by atoms with Crippen molar-refractivity contribution in [3.8, 4) is 0 Å². The minimum Gasteiger partial charge on any atom is -0.314 e. The maximum absolute atomic E-state index is 13.1. The molecule has 0 spiro atoms. The molecule has 0 saturated carbocycles. The first kappa shape index (κ1) is 15.4. The molecule has 1 fully saturated rings. The molecule has 1 saturated heterocycles. The first-order chi connectivity index (χ1) is 8.01. The SMILES string of the molecule is C[C@H]1CNCCN1S(=O)(=O)c1cccc(F)c1.Cl. The highest BCUT2D eigenvalue weighted by Gasteiger charge is 2.30. The van der Waals surface area contributed by atoms with Crippen molar-refractivity contribution in [2.45, 2.75) is 17.9 Å². The molecular formula is C11H16ClFN2O2S. The third kappa shape index (κ3) is 3.00. The number of nitrogens with one attached hydrogen (secondary N) is 1. The minimum absolute atomic E-state index is 0. The van der Waals surface area contributed by atoms with Crippen LogP contribution in [0.1, 0.15) is 6.92 Å². The summed E-state index contributed by atoms with van der Waals surface area (Å²) in [6, 6.07) is 5.02. The number of hydrogen-bond acceptors (Lipinski definition) is 3. The zero-order chi connectivity index (χ0) is 12.5. The maximum Gasteiger partial charge on any atom is 0.243 e. The van der Waals surface area contributed by atoms with Crippen molar-refractivity contribution in [3.63, 3.8) is 0 Å². The average Bonchev–Trinajstić information content (AvgIpc) is 2.29. The van der Waals surface area contributed by atoms with Gasteiger partial charge in [0, 0.05) is 25.7 Å². The van der Waals surface area contributed by atoms with Crippen LogP contribution in [0.2, 0.25) is 0 Å². The van der Waals surface area contributed by atoms with Crippen LogP contribution in [0.3, 0.4) is 0 Å². The topological polar surface area (TPSA) is 49.4 Å². The summed E-state index contributed by atoms with van der Waals surface area (Å²) in [5, 5.41) is 3.12. The van der Waals surface area contributed by atoms with Crippen molar-refractivity contribution < 1.29 is 12.8 Å². The van der Waals surface area contributed by atoms with E-state index in [1.807, 2.05) is 6.92 Å². The molecule has 0 amide bonds. The summed E-state index contributed by atoms with van der Waals surface area (Å²) in [6.45, 7) is 3.50. The number of nitrogens with zero attached hydrogens (tertiary/aromatic N) is 1. The van der Waals surface area contributed by atoms with E-state index in [2.05, 4.69) is 5.32 Å². The van der Waals surface area contributed by atoms with E-state index in [0.29, 0.717) is 19.6 Å². The van der Waals surface area contributed by atoms with Crippen molar-refractivity contribution in [3.05, 3.63) is 30.1 Å². The van der Waals surface area contributed by atoms with Crippen molar-refractivity contribution in [2.75, 3.05) is 19.6 Å². The second-order valence-corrected chi connectivity index (χ2v) is 6.02. The van der Waals surface area contributed by atoms with Crippen LogP contribution in [0.15, 0.2) is 29.2 Å². The summed E-state index contributed by atoms with van der Waals surface area (Å²) < 4.78 is 39.0. The Morgan fingerprint density at radius 2 is 2.17 bits per heavy atom. The van der Waals surface area contributed by atoms with Gasteiger partial charge in [0.25, 0.3) is 0 Å². The van der Waals surface area contributed by atoms with Gasteiger partial charge in [-0.2, -0.15) is 4.31 Å². The van der Waals surface area contributed by atoms with Gasteiger partial charge in [-0.15, -0.1) is 12.4 Å². The van der Waals surface area contributed by atoms with E-state index < -0.39 is 15.8 Å². The first-order valence-electron chi connectivity index (χ1n) is 5.50. The molecule has 1 heterocycles. The number of sulfonamides is 1. The number of benzene rings is 1. The molecule has 0 radical (unpaired) electrons. The molecule has 1 aliphatic rings. The van der Waals surface area contributed by atoms with Gasteiger partial charge in [0.05, 0.1) is 4.90 Å². The van der Waals surface area contributed by atoms with E-state index in [4.69, 9.17) is 0 Å². The smallest absolute Gasteiger partial charge is 0.243 e. The molecular weight excluding hydrogens is 279 g/mol. The van der Waals surface area contributed by atoms with E-state index >= 15 is 0 Å². The summed E-state index contributed by atoms with van der Waals surface area (Å²) in [6.07, 6.45) is 0. The summed E-state index contributed by atoms with van der Waals surface area (Å²) in [4.78, 5) is 0.0197. The molecule has 1 aromatic carbocycles. The maximum atomic E-state index is 13.1. The van der Waals surface area contributed by atoms with Crippen molar-refractivity contribution in [1.29, 1.82) is 0 Å². The largest absolute Gasteiger partial charge is 0.314 e. The normalized spacial score (nSPS) is 21.3. The Hall–Kier alpha value is -0.690. The van der Waals surface area contributed by atoms with Gasteiger partial charge in [-0.1, -0.05) is 6.07 Å². The van der Waals surface area contributed by atoms with Crippen LogP contribution in [0.4, 0.5) is 4.39 Å². The lowest BCUT2D eigenvalue weighted by Crippen LogP contribution is -2.52. The van der Waals surface area contributed by atoms with Gasteiger partial charge in [0.1, 0.15) is 5.82 Å². The Bertz CT molecular complexity index is 510.